The number of carboxylic acids is 1. The highest BCUT2D eigenvalue weighted by atomic mass is 19.1. The fourth-order valence-corrected chi connectivity index (χ4v) is 2.73. The van der Waals surface area contributed by atoms with E-state index in [9.17, 15) is 19.1 Å². The first-order valence-corrected chi connectivity index (χ1v) is 5.85. The number of carbonyl (C=O) groups is 2. The van der Waals surface area contributed by atoms with E-state index in [0.29, 0.717) is 12.1 Å². The number of carbonyl (C=O) groups excluding carboxylic acids is 2. The molecule has 1 heterocycles. The summed E-state index contributed by atoms with van der Waals surface area (Å²) in [5, 5.41) is 11.1. The second-order valence-electron chi connectivity index (χ2n) is 4.89. The Balaban J connectivity index is 1.84. The van der Waals surface area contributed by atoms with E-state index in [1.165, 1.54) is 29.2 Å². The van der Waals surface area contributed by atoms with Gasteiger partial charge in [-0.25, -0.2) is 4.39 Å². The zero-order chi connectivity index (χ0) is 12.9. The number of nitrogens with zero attached hydrogens (tertiary/aromatic N) is 1. The number of aliphatic carboxylic acids is 1. The van der Waals surface area contributed by atoms with Crippen molar-refractivity contribution in [2.45, 2.75) is 12.5 Å². The number of hydrogen-bond donors (Lipinski definition) is 0. The lowest BCUT2D eigenvalue weighted by Crippen LogP contribution is -2.49. The number of halogens is 1. The normalized spacial score (nSPS) is 28.9. The molecule has 5 heteroatoms. The standard InChI is InChI=1S/C13H12FNO3/c14-9-3-1-7(2-4-9)12(16)15-6-8-5-10(8)11(15)13(17)18/h1-4,8,10-11H,5-6H2,(H,17,18)/p-1/t8-,10-,11-/m1/s1. The second kappa shape index (κ2) is 3.80. The van der Waals surface area contributed by atoms with Gasteiger partial charge in [-0.15, -0.1) is 0 Å². The quantitative estimate of drug-likeness (QED) is 0.742. The van der Waals surface area contributed by atoms with Gasteiger partial charge in [0.05, 0.1) is 12.0 Å². The van der Waals surface area contributed by atoms with E-state index >= 15 is 0 Å². The van der Waals surface area contributed by atoms with Crippen molar-refractivity contribution in [1.82, 2.24) is 4.90 Å². The lowest BCUT2D eigenvalue weighted by atomic mass is 10.1. The maximum absolute atomic E-state index is 12.8. The molecule has 0 aromatic heterocycles. The molecule has 0 unspecified atom stereocenters. The Kier molecular flexibility index (Phi) is 2.36. The summed E-state index contributed by atoms with van der Waals surface area (Å²) in [6, 6.07) is 4.30. The second-order valence-corrected chi connectivity index (χ2v) is 4.89. The van der Waals surface area contributed by atoms with E-state index in [0.717, 1.165) is 6.42 Å². The topological polar surface area (TPSA) is 60.4 Å². The number of hydrogen-bond acceptors (Lipinski definition) is 3. The molecule has 0 N–H and O–H groups in total. The van der Waals surface area contributed by atoms with Crippen molar-refractivity contribution in [1.29, 1.82) is 0 Å². The minimum Gasteiger partial charge on any atom is -0.548 e. The SMILES string of the molecule is O=C([O-])[C@H]1[C@@H]2C[C@@H]2CN1C(=O)c1ccc(F)cc1. The van der Waals surface area contributed by atoms with Gasteiger partial charge in [0, 0.05) is 12.1 Å². The van der Waals surface area contributed by atoms with Gasteiger partial charge < -0.3 is 14.8 Å². The third kappa shape index (κ3) is 1.66. The molecule has 3 rings (SSSR count). The van der Waals surface area contributed by atoms with Crippen LogP contribution in [0.15, 0.2) is 24.3 Å². The molecule has 4 nitrogen and oxygen atoms in total. The number of carboxylic acid groups (broad SMARTS) is 1. The summed E-state index contributed by atoms with van der Waals surface area (Å²) in [4.78, 5) is 24.6. The van der Waals surface area contributed by atoms with Gasteiger partial charge in [-0.3, -0.25) is 4.79 Å². The minimum absolute atomic E-state index is 0.0411. The largest absolute Gasteiger partial charge is 0.548 e. The van der Waals surface area contributed by atoms with Crippen molar-refractivity contribution in [2.24, 2.45) is 11.8 Å². The fraction of sp³-hybridized carbons (Fsp3) is 0.385. The molecule has 0 bridgehead atoms. The van der Waals surface area contributed by atoms with Crippen molar-refractivity contribution in [3.05, 3.63) is 35.6 Å². The third-order valence-corrected chi connectivity index (χ3v) is 3.74. The molecule has 1 amide bonds. The van der Waals surface area contributed by atoms with Crippen LogP contribution in [0.5, 0.6) is 0 Å². The molecule has 1 saturated carbocycles. The molecule has 3 atom stereocenters. The average Bonchev–Trinajstić information content (AvgIpc) is 2.99. The van der Waals surface area contributed by atoms with E-state index in [2.05, 4.69) is 0 Å². The van der Waals surface area contributed by atoms with E-state index in [1.807, 2.05) is 0 Å². The lowest BCUT2D eigenvalue weighted by Gasteiger charge is -2.28. The Hall–Kier alpha value is -1.91. The Morgan fingerprint density at radius 2 is 1.94 bits per heavy atom. The Bertz CT molecular complexity index is 513. The van der Waals surface area contributed by atoms with Crippen molar-refractivity contribution in [3.63, 3.8) is 0 Å². The van der Waals surface area contributed by atoms with Gasteiger partial charge in [-0.05, 0) is 42.5 Å². The molecule has 2 fully saturated rings. The van der Waals surface area contributed by atoms with Crippen LogP contribution in [0.25, 0.3) is 0 Å². The van der Waals surface area contributed by atoms with Crippen LogP contribution < -0.4 is 5.11 Å². The van der Waals surface area contributed by atoms with Gasteiger partial charge in [0.15, 0.2) is 0 Å². The van der Waals surface area contributed by atoms with Crippen molar-refractivity contribution < 1.29 is 19.1 Å². The number of amides is 1. The molecule has 18 heavy (non-hydrogen) atoms. The van der Waals surface area contributed by atoms with Crippen LogP contribution in [-0.4, -0.2) is 29.4 Å². The van der Waals surface area contributed by atoms with Gasteiger partial charge >= 0.3 is 0 Å². The van der Waals surface area contributed by atoms with Gasteiger partial charge in [-0.2, -0.15) is 0 Å². The predicted molar refractivity (Wildman–Crippen MR) is 57.8 cm³/mol. The minimum atomic E-state index is -1.20. The molecule has 1 aliphatic carbocycles. The Morgan fingerprint density at radius 3 is 2.56 bits per heavy atom. The number of likely N-dealkylation sites (tertiary alicyclic amines) is 1. The molecule has 2 aliphatic rings. The average molecular weight is 248 g/mol. The molecule has 1 aromatic carbocycles. The zero-order valence-corrected chi connectivity index (χ0v) is 9.51. The zero-order valence-electron chi connectivity index (χ0n) is 9.51. The fourth-order valence-electron chi connectivity index (χ4n) is 2.73. The van der Waals surface area contributed by atoms with Crippen LogP contribution in [-0.2, 0) is 4.79 Å². The van der Waals surface area contributed by atoms with Crippen LogP contribution in [0.4, 0.5) is 4.39 Å². The maximum Gasteiger partial charge on any atom is 0.254 e. The summed E-state index contributed by atoms with van der Waals surface area (Å²) in [7, 11) is 0. The van der Waals surface area contributed by atoms with E-state index < -0.39 is 17.8 Å². The summed E-state index contributed by atoms with van der Waals surface area (Å²) in [5.41, 5.74) is 0.309. The van der Waals surface area contributed by atoms with Crippen molar-refractivity contribution in [3.8, 4) is 0 Å². The Labute approximate surface area is 103 Å². The summed E-state index contributed by atoms with van der Waals surface area (Å²) in [5.74, 6) is -1.66. The van der Waals surface area contributed by atoms with Crippen molar-refractivity contribution in [2.75, 3.05) is 6.54 Å². The van der Waals surface area contributed by atoms with Gasteiger partial charge in [0.25, 0.3) is 5.91 Å². The molecule has 1 saturated heterocycles. The Morgan fingerprint density at radius 1 is 1.28 bits per heavy atom. The predicted octanol–water partition coefficient (Wildman–Crippen LogP) is 0.0361. The molecule has 94 valence electrons. The molecule has 1 aliphatic heterocycles. The van der Waals surface area contributed by atoms with Gasteiger partial charge in [0.1, 0.15) is 5.82 Å². The molecular weight excluding hydrogens is 237 g/mol. The first-order chi connectivity index (χ1) is 8.58. The van der Waals surface area contributed by atoms with Crippen LogP contribution >= 0.6 is 0 Å². The number of piperidine rings is 1. The highest BCUT2D eigenvalue weighted by molar-refractivity contribution is 5.97. The van der Waals surface area contributed by atoms with E-state index in [4.69, 9.17) is 0 Å². The highest BCUT2D eigenvalue weighted by Crippen LogP contribution is 2.49. The van der Waals surface area contributed by atoms with Gasteiger partial charge in [-0.1, -0.05) is 0 Å². The van der Waals surface area contributed by atoms with E-state index in [-0.39, 0.29) is 17.7 Å². The number of benzene rings is 1. The summed E-state index contributed by atoms with van der Waals surface area (Å²) >= 11 is 0. The molecule has 0 radical (unpaired) electrons. The third-order valence-electron chi connectivity index (χ3n) is 3.74. The first kappa shape index (κ1) is 11.2. The smallest absolute Gasteiger partial charge is 0.254 e. The summed E-state index contributed by atoms with van der Waals surface area (Å²) in [6.07, 6.45) is 0.853. The molecule has 1 aromatic rings. The summed E-state index contributed by atoms with van der Waals surface area (Å²) < 4.78 is 12.8. The maximum atomic E-state index is 12.8. The van der Waals surface area contributed by atoms with Gasteiger partial charge in [0.2, 0.25) is 0 Å². The lowest BCUT2D eigenvalue weighted by molar-refractivity contribution is -0.310. The number of rotatable bonds is 2. The highest BCUT2D eigenvalue weighted by Gasteiger charge is 2.54. The van der Waals surface area contributed by atoms with Crippen LogP contribution in [0.3, 0.4) is 0 Å². The molecule has 0 spiro atoms. The monoisotopic (exact) mass is 248 g/mol. The van der Waals surface area contributed by atoms with Crippen LogP contribution in [0.2, 0.25) is 0 Å². The van der Waals surface area contributed by atoms with Crippen LogP contribution in [0.1, 0.15) is 16.8 Å². The van der Waals surface area contributed by atoms with Crippen molar-refractivity contribution >= 4 is 11.9 Å². The molecular formula is C13H11FNO3-. The first-order valence-electron chi connectivity index (χ1n) is 5.85. The number of fused-ring (bicyclic) bond motifs is 1. The van der Waals surface area contributed by atoms with Crippen LogP contribution in [0, 0.1) is 17.7 Å². The summed E-state index contributed by atoms with van der Waals surface area (Å²) in [6.45, 7) is 0.458. The van der Waals surface area contributed by atoms with E-state index in [1.54, 1.807) is 0 Å².